The summed E-state index contributed by atoms with van der Waals surface area (Å²) in [7, 11) is 2.23. The largest absolute Gasteiger partial charge is 0.300 e. The van der Waals surface area contributed by atoms with E-state index in [0.29, 0.717) is 18.0 Å². The third-order valence-electron chi connectivity index (χ3n) is 4.99. The fourth-order valence-electron chi connectivity index (χ4n) is 3.93. The number of hydrazine groups is 1. The number of halogens is 1. The summed E-state index contributed by atoms with van der Waals surface area (Å²) in [5, 5.41) is 0. The number of fused-ring (bicyclic) bond motifs is 2. The monoisotopic (exact) mass is 263 g/mol. The quantitative estimate of drug-likeness (QED) is 0.649. The minimum atomic E-state index is -0.186. The van der Waals surface area contributed by atoms with Crippen molar-refractivity contribution < 1.29 is 4.39 Å². The van der Waals surface area contributed by atoms with Crippen LogP contribution in [0.3, 0.4) is 0 Å². The standard InChI is InChI=1S/C15H22FN3/c1-19-13-5-6-14(19)9-11(8-13)15(18-17)10-3-2-4-12(16)7-10/h2-4,7,11,13-15,18H,5-6,8-9,17H2,1H3. The van der Waals surface area contributed by atoms with Gasteiger partial charge in [-0.05, 0) is 56.3 Å². The molecule has 4 heteroatoms. The van der Waals surface area contributed by atoms with E-state index in [1.165, 1.54) is 18.9 Å². The summed E-state index contributed by atoms with van der Waals surface area (Å²) in [6, 6.07) is 8.22. The second kappa shape index (κ2) is 5.19. The number of nitrogens with zero attached hydrogens (tertiary/aromatic N) is 1. The van der Waals surface area contributed by atoms with E-state index in [9.17, 15) is 4.39 Å². The Morgan fingerprint density at radius 2 is 2.00 bits per heavy atom. The molecule has 104 valence electrons. The molecule has 0 saturated carbocycles. The van der Waals surface area contributed by atoms with E-state index in [1.54, 1.807) is 12.1 Å². The van der Waals surface area contributed by atoms with E-state index >= 15 is 0 Å². The molecule has 1 aromatic carbocycles. The SMILES string of the molecule is CN1C2CCC1CC(C(NN)c1cccc(F)c1)C2. The van der Waals surface area contributed by atoms with Gasteiger partial charge in [-0.15, -0.1) is 0 Å². The molecule has 2 bridgehead atoms. The lowest BCUT2D eigenvalue weighted by Gasteiger charge is -2.39. The van der Waals surface area contributed by atoms with Crippen LogP contribution in [0.15, 0.2) is 24.3 Å². The smallest absolute Gasteiger partial charge is 0.123 e. The van der Waals surface area contributed by atoms with Crippen LogP contribution in [0, 0.1) is 11.7 Å². The maximum Gasteiger partial charge on any atom is 0.123 e. The van der Waals surface area contributed by atoms with Gasteiger partial charge in [-0.1, -0.05) is 12.1 Å². The zero-order valence-corrected chi connectivity index (χ0v) is 11.3. The Bertz CT molecular complexity index is 437. The van der Waals surface area contributed by atoms with Crippen molar-refractivity contribution in [3.63, 3.8) is 0 Å². The van der Waals surface area contributed by atoms with Crippen LogP contribution in [0.25, 0.3) is 0 Å². The molecule has 3 rings (SSSR count). The van der Waals surface area contributed by atoms with Gasteiger partial charge in [-0.2, -0.15) is 0 Å². The molecule has 2 aliphatic rings. The van der Waals surface area contributed by atoms with Gasteiger partial charge in [0.15, 0.2) is 0 Å². The first-order valence-electron chi connectivity index (χ1n) is 7.12. The summed E-state index contributed by atoms with van der Waals surface area (Å²) in [6.45, 7) is 0. The van der Waals surface area contributed by atoms with Gasteiger partial charge in [0.2, 0.25) is 0 Å². The Kier molecular flexibility index (Phi) is 3.56. The lowest BCUT2D eigenvalue weighted by atomic mass is 9.82. The highest BCUT2D eigenvalue weighted by Crippen LogP contribution is 2.42. The van der Waals surface area contributed by atoms with Crippen molar-refractivity contribution in [3.05, 3.63) is 35.6 Å². The number of rotatable bonds is 3. The lowest BCUT2D eigenvalue weighted by molar-refractivity contribution is 0.112. The van der Waals surface area contributed by atoms with Crippen molar-refractivity contribution in [1.29, 1.82) is 0 Å². The summed E-state index contributed by atoms with van der Waals surface area (Å²) >= 11 is 0. The predicted molar refractivity (Wildman–Crippen MR) is 73.8 cm³/mol. The van der Waals surface area contributed by atoms with E-state index in [4.69, 9.17) is 5.84 Å². The number of nitrogens with one attached hydrogen (secondary N) is 1. The molecule has 2 aliphatic heterocycles. The van der Waals surface area contributed by atoms with Crippen LogP contribution in [0.1, 0.15) is 37.3 Å². The molecule has 0 aromatic heterocycles. The second-order valence-electron chi connectivity index (χ2n) is 5.98. The lowest BCUT2D eigenvalue weighted by Crippen LogP contribution is -2.45. The molecule has 2 saturated heterocycles. The highest BCUT2D eigenvalue weighted by Gasteiger charge is 2.41. The number of piperidine rings is 1. The van der Waals surface area contributed by atoms with E-state index in [-0.39, 0.29) is 11.9 Å². The van der Waals surface area contributed by atoms with Gasteiger partial charge >= 0.3 is 0 Å². The molecule has 3 unspecified atom stereocenters. The average Bonchev–Trinajstić information content (AvgIpc) is 2.63. The van der Waals surface area contributed by atoms with Gasteiger partial charge in [0, 0.05) is 18.1 Å². The van der Waals surface area contributed by atoms with Gasteiger partial charge in [0.1, 0.15) is 5.82 Å². The van der Waals surface area contributed by atoms with Crippen molar-refractivity contribution in [2.75, 3.05) is 7.05 Å². The minimum Gasteiger partial charge on any atom is -0.300 e. The topological polar surface area (TPSA) is 41.3 Å². The van der Waals surface area contributed by atoms with Crippen LogP contribution in [-0.4, -0.2) is 24.0 Å². The third kappa shape index (κ3) is 2.40. The molecule has 3 nitrogen and oxygen atoms in total. The van der Waals surface area contributed by atoms with Crippen LogP contribution < -0.4 is 11.3 Å². The van der Waals surface area contributed by atoms with Crippen LogP contribution in [0.4, 0.5) is 4.39 Å². The summed E-state index contributed by atoms with van der Waals surface area (Å²) in [5.41, 5.74) is 3.88. The van der Waals surface area contributed by atoms with Gasteiger partial charge in [-0.3, -0.25) is 11.3 Å². The van der Waals surface area contributed by atoms with Crippen LogP contribution in [0.2, 0.25) is 0 Å². The van der Waals surface area contributed by atoms with Crippen LogP contribution in [0.5, 0.6) is 0 Å². The summed E-state index contributed by atoms with van der Waals surface area (Å²) in [5.74, 6) is 6.06. The normalized spacial score (nSPS) is 32.5. The molecular weight excluding hydrogens is 241 g/mol. The van der Waals surface area contributed by atoms with Crippen LogP contribution in [-0.2, 0) is 0 Å². The third-order valence-corrected chi connectivity index (χ3v) is 4.99. The fourth-order valence-corrected chi connectivity index (χ4v) is 3.93. The predicted octanol–water partition coefficient (Wildman–Crippen LogP) is 2.20. The first kappa shape index (κ1) is 13.0. The highest BCUT2D eigenvalue weighted by atomic mass is 19.1. The molecular formula is C15H22FN3. The van der Waals surface area contributed by atoms with E-state index in [2.05, 4.69) is 17.4 Å². The summed E-state index contributed by atoms with van der Waals surface area (Å²) in [4.78, 5) is 2.51. The molecule has 3 atom stereocenters. The minimum absolute atomic E-state index is 0.0625. The molecule has 0 radical (unpaired) electrons. The van der Waals surface area contributed by atoms with Gasteiger partial charge in [-0.25, -0.2) is 4.39 Å². The number of benzene rings is 1. The summed E-state index contributed by atoms with van der Waals surface area (Å²) < 4.78 is 13.4. The molecule has 3 N–H and O–H groups in total. The highest BCUT2D eigenvalue weighted by molar-refractivity contribution is 5.21. The van der Waals surface area contributed by atoms with Crippen molar-refractivity contribution in [3.8, 4) is 0 Å². The number of hydrogen-bond acceptors (Lipinski definition) is 3. The maximum absolute atomic E-state index is 13.4. The maximum atomic E-state index is 13.4. The van der Waals surface area contributed by atoms with E-state index < -0.39 is 0 Å². The van der Waals surface area contributed by atoms with Crippen molar-refractivity contribution in [2.45, 2.75) is 43.8 Å². The molecule has 19 heavy (non-hydrogen) atoms. The molecule has 0 aliphatic carbocycles. The second-order valence-corrected chi connectivity index (χ2v) is 5.98. The van der Waals surface area contributed by atoms with Gasteiger partial charge in [0.05, 0.1) is 0 Å². The Labute approximate surface area is 113 Å². The summed E-state index contributed by atoms with van der Waals surface area (Å²) in [6.07, 6.45) is 4.88. The van der Waals surface area contributed by atoms with E-state index in [1.807, 2.05) is 6.07 Å². The number of hydrogen-bond donors (Lipinski definition) is 2. The van der Waals surface area contributed by atoms with Crippen molar-refractivity contribution in [1.82, 2.24) is 10.3 Å². The Balaban J connectivity index is 1.80. The van der Waals surface area contributed by atoms with E-state index in [0.717, 1.165) is 18.4 Å². The van der Waals surface area contributed by atoms with Crippen molar-refractivity contribution in [2.24, 2.45) is 11.8 Å². The Morgan fingerprint density at radius 1 is 1.32 bits per heavy atom. The Hall–Kier alpha value is -0.970. The van der Waals surface area contributed by atoms with Gasteiger partial charge in [0.25, 0.3) is 0 Å². The molecule has 2 fully saturated rings. The molecule has 0 amide bonds. The van der Waals surface area contributed by atoms with Crippen molar-refractivity contribution >= 4 is 0 Å². The van der Waals surface area contributed by atoms with Gasteiger partial charge < -0.3 is 4.90 Å². The average molecular weight is 263 g/mol. The number of nitrogens with two attached hydrogens (primary N) is 1. The zero-order chi connectivity index (χ0) is 13.4. The fraction of sp³-hybridized carbons (Fsp3) is 0.600. The zero-order valence-electron chi connectivity index (χ0n) is 11.3. The molecule has 2 heterocycles. The Morgan fingerprint density at radius 3 is 2.58 bits per heavy atom. The first-order chi connectivity index (χ1) is 9.19. The first-order valence-corrected chi connectivity index (χ1v) is 7.12. The molecule has 0 spiro atoms. The van der Waals surface area contributed by atoms with Crippen LogP contribution >= 0.6 is 0 Å². The molecule has 1 aromatic rings.